The third-order valence-corrected chi connectivity index (χ3v) is 3.86. The third-order valence-electron chi connectivity index (χ3n) is 3.86. The van der Waals surface area contributed by atoms with Gasteiger partial charge in [0.05, 0.1) is 13.2 Å². The standard InChI is InChI=1S/C15H28N4O2/c1-3-5-14-17-15(21-18-14)12-19-8-4-6-13(11-19)10-16-7-9-20-2/h13,16H,3-12H2,1-2H3. The van der Waals surface area contributed by atoms with Crippen molar-refractivity contribution in [1.82, 2.24) is 20.4 Å². The van der Waals surface area contributed by atoms with Crippen LogP contribution in [0, 0.1) is 5.92 Å². The highest BCUT2D eigenvalue weighted by Crippen LogP contribution is 2.17. The van der Waals surface area contributed by atoms with Gasteiger partial charge in [-0.25, -0.2) is 0 Å². The van der Waals surface area contributed by atoms with Crippen molar-refractivity contribution in [2.75, 3.05) is 39.9 Å². The van der Waals surface area contributed by atoms with Gasteiger partial charge in [-0.1, -0.05) is 12.1 Å². The molecule has 2 rings (SSSR count). The van der Waals surface area contributed by atoms with Gasteiger partial charge >= 0.3 is 0 Å². The molecular formula is C15H28N4O2. The van der Waals surface area contributed by atoms with Crippen LogP contribution >= 0.6 is 0 Å². The maximum Gasteiger partial charge on any atom is 0.240 e. The number of methoxy groups -OCH3 is 1. The molecule has 21 heavy (non-hydrogen) atoms. The zero-order valence-electron chi connectivity index (χ0n) is 13.3. The summed E-state index contributed by atoms with van der Waals surface area (Å²) >= 11 is 0. The van der Waals surface area contributed by atoms with E-state index in [1.54, 1.807) is 7.11 Å². The van der Waals surface area contributed by atoms with E-state index in [2.05, 4.69) is 27.3 Å². The van der Waals surface area contributed by atoms with E-state index < -0.39 is 0 Å². The molecule has 120 valence electrons. The average Bonchev–Trinajstić information content (AvgIpc) is 2.92. The molecule has 2 heterocycles. The highest BCUT2D eigenvalue weighted by Gasteiger charge is 2.21. The molecule has 0 radical (unpaired) electrons. The number of ether oxygens (including phenoxy) is 1. The first-order valence-corrected chi connectivity index (χ1v) is 8.05. The summed E-state index contributed by atoms with van der Waals surface area (Å²) in [6.45, 7) is 7.90. The molecule has 1 aliphatic heterocycles. The highest BCUT2D eigenvalue weighted by atomic mass is 16.5. The van der Waals surface area contributed by atoms with E-state index in [4.69, 9.17) is 9.26 Å². The van der Waals surface area contributed by atoms with Crippen molar-refractivity contribution in [2.24, 2.45) is 5.92 Å². The van der Waals surface area contributed by atoms with Gasteiger partial charge in [-0.15, -0.1) is 0 Å². The van der Waals surface area contributed by atoms with Crippen LogP contribution in [0.5, 0.6) is 0 Å². The van der Waals surface area contributed by atoms with Crippen LogP contribution in [0.25, 0.3) is 0 Å². The normalized spacial score (nSPS) is 20.0. The van der Waals surface area contributed by atoms with Crippen LogP contribution in [0.15, 0.2) is 4.52 Å². The molecule has 6 nitrogen and oxygen atoms in total. The second-order valence-electron chi connectivity index (χ2n) is 5.79. The van der Waals surface area contributed by atoms with Crippen molar-refractivity contribution in [3.63, 3.8) is 0 Å². The van der Waals surface area contributed by atoms with Gasteiger partial charge in [0.1, 0.15) is 0 Å². The number of nitrogens with zero attached hydrogens (tertiary/aromatic N) is 3. The van der Waals surface area contributed by atoms with Crippen molar-refractivity contribution in [1.29, 1.82) is 0 Å². The molecule has 6 heteroatoms. The topological polar surface area (TPSA) is 63.4 Å². The predicted octanol–water partition coefficient (Wildman–Crippen LogP) is 1.47. The van der Waals surface area contributed by atoms with Crippen LogP contribution in [0.3, 0.4) is 0 Å². The fourth-order valence-corrected chi connectivity index (χ4v) is 2.81. The van der Waals surface area contributed by atoms with Gasteiger partial charge in [0.25, 0.3) is 0 Å². The zero-order chi connectivity index (χ0) is 14.9. The lowest BCUT2D eigenvalue weighted by Gasteiger charge is -2.31. The number of hydrogen-bond acceptors (Lipinski definition) is 6. The molecule has 0 aromatic carbocycles. The molecule has 1 unspecified atom stereocenters. The first kappa shape index (κ1) is 16.4. The van der Waals surface area contributed by atoms with Gasteiger partial charge < -0.3 is 14.6 Å². The van der Waals surface area contributed by atoms with Crippen molar-refractivity contribution < 1.29 is 9.26 Å². The molecule has 0 saturated carbocycles. The van der Waals surface area contributed by atoms with E-state index in [1.807, 2.05) is 0 Å². The number of likely N-dealkylation sites (tertiary alicyclic amines) is 1. The molecular weight excluding hydrogens is 268 g/mol. The molecule has 1 aliphatic rings. The van der Waals surface area contributed by atoms with Crippen molar-refractivity contribution in [3.05, 3.63) is 11.7 Å². The average molecular weight is 296 g/mol. The molecule has 1 aromatic heterocycles. The van der Waals surface area contributed by atoms with Crippen LogP contribution in [0.4, 0.5) is 0 Å². The summed E-state index contributed by atoms with van der Waals surface area (Å²) in [5.41, 5.74) is 0. The van der Waals surface area contributed by atoms with Crippen LogP contribution in [0.1, 0.15) is 37.9 Å². The van der Waals surface area contributed by atoms with Crippen LogP contribution in [-0.4, -0.2) is 54.9 Å². The van der Waals surface area contributed by atoms with E-state index in [0.29, 0.717) is 5.92 Å². The van der Waals surface area contributed by atoms with Gasteiger partial charge in [-0.05, 0) is 38.3 Å². The van der Waals surface area contributed by atoms with E-state index in [-0.39, 0.29) is 0 Å². The Morgan fingerprint density at radius 2 is 2.38 bits per heavy atom. The second-order valence-corrected chi connectivity index (χ2v) is 5.79. The van der Waals surface area contributed by atoms with Crippen molar-refractivity contribution in [2.45, 2.75) is 39.2 Å². The molecule has 1 N–H and O–H groups in total. The monoisotopic (exact) mass is 296 g/mol. The van der Waals surface area contributed by atoms with E-state index in [0.717, 1.165) is 63.9 Å². The minimum Gasteiger partial charge on any atom is -0.383 e. The number of aryl methyl sites for hydroxylation is 1. The molecule has 0 bridgehead atoms. The summed E-state index contributed by atoms with van der Waals surface area (Å²) in [6.07, 6.45) is 4.49. The number of nitrogens with one attached hydrogen (secondary N) is 1. The Labute approximate surface area is 127 Å². The molecule has 1 saturated heterocycles. The number of hydrogen-bond donors (Lipinski definition) is 1. The van der Waals surface area contributed by atoms with Crippen LogP contribution in [0.2, 0.25) is 0 Å². The van der Waals surface area contributed by atoms with Gasteiger partial charge in [-0.2, -0.15) is 4.98 Å². The molecule has 1 aromatic rings. The Hall–Kier alpha value is -0.980. The summed E-state index contributed by atoms with van der Waals surface area (Å²) in [6, 6.07) is 0. The van der Waals surface area contributed by atoms with Crippen molar-refractivity contribution in [3.8, 4) is 0 Å². The lowest BCUT2D eigenvalue weighted by Crippen LogP contribution is -2.39. The first-order chi connectivity index (χ1) is 10.3. The minimum absolute atomic E-state index is 0.702. The number of rotatable bonds is 9. The smallest absolute Gasteiger partial charge is 0.240 e. The number of piperidine rings is 1. The van der Waals surface area contributed by atoms with Crippen LogP contribution in [-0.2, 0) is 17.7 Å². The summed E-state index contributed by atoms with van der Waals surface area (Å²) in [4.78, 5) is 6.88. The summed E-state index contributed by atoms with van der Waals surface area (Å²) in [7, 11) is 1.74. The molecule has 1 fully saturated rings. The zero-order valence-corrected chi connectivity index (χ0v) is 13.3. The minimum atomic E-state index is 0.702. The second kappa shape index (κ2) is 9.12. The third kappa shape index (κ3) is 5.73. The van der Waals surface area contributed by atoms with E-state index in [1.165, 1.54) is 12.8 Å². The SMILES string of the molecule is CCCc1noc(CN2CCCC(CNCCOC)C2)n1. The summed E-state index contributed by atoms with van der Waals surface area (Å²) in [5.74, 6) is 2.29. The Kier molecular flexibility index (Phi) is 7.12. The van der Waals surface area contributed by atoms with Gasteiger partial charge in [0.15, 0.2) is 5.82 Å². The quantitative estimate of drug-likeness (QED) is 0.696. The largest absolute Gasteiger partial charge is 0.383 e. The van der Waals surface area contributed by atoms with E-state index in [9.17, 15) is 0 Å². The molecule has 1 atom stereocenters. The Morgan fingerprint density at radius 3 is 3.19 bits per heavy atom. The highest BCUT2D eigenvalue weighted by molar-refractivity contribution is 4.87. The van der Waals surface area contributed by atoms with Crippen molar-refractivity contribution >= 4 is 0 Å². The molecule has 0 amide bonds. The maximum atomic E-state index is 5.33. The Morgan fingerprint density at radius 1 is 1.48 bits per heavy atom. The van der Waals surface area contributed by atoms with Crippen LogP contribution < -0.4 is 5.32 Å². The number of aromatic nitrogens is 2. The first-order valence-electron chi connectivity index (χ1n) is 8.05. The van der Waals surface area contributed by atoms with E-state index >= 15 is 0 Å². The Balaban J connectivity index is 1.72. The van der Waals surface area contributed by atoms with Gasteiger partial charge in [0.2, 0.25) is 5.89 Å². The Bertz CT molecular complexity index is 397. The van der Waals surface area contributed by atoms with Gasteiger partial charge in [0, 0.05) is 26.6 Å². The molecule has 0 aliphatic carbocycles. The summed E-state index contributed by atoms with van der Waals surface area (Å²) in [5, 5.41) is 7.48. The fraction of sp³-hybridized carbons (Fsp3) is 0.867. The maximum absolute atomic E-state index is 5.33. The lowest BCUT2D eigenvalue weighted by molar-refractivity contribution is 0.145. The summed E-state index contributed by atoms with van der Waals surface area (Å²) < 4.78 is 10.4. The molecule has 0 spiro atoms. The predicted molar refractivity (Wildman–Crippen MR) is 81.0 cm³/mol. The van der Waals surface area contributed by atoms with Gasteiger partial charge in [-0.3, -0.25) is 4.90 Å². The lowest BCUT2D eigenvalue weighted by atomic mass is 9.98. The fourth-order valence-electron chi connectivity index (χ4n) is 2.81.